The zero-order chi connectivity index (χ0) is 10.7. The van der Waals surface area contributed by atoms with Gasteiger partial charge >= 0.3 is 0 Å². The number of hydrogen-bond acceptors (Lipinski definition) is 2. The number of amides is 1. The van der Waals surface area contributed by atoms with E-state index in [4.69, 9.17) is 5.53 Å². The SMILES string of the molecule is [N-]=[N+]=NCCNC(=O)C1C2CCCCC21. The molecule has 1 N–H and O–H groups in total. The second-order valence-corrected chi connectivity index (χ2v) is 4.38. The van der Waals surface area contributed by atoms with Crippen LogP contribution in [-0.2, 0) is 4.79 Å². The molecule has 82 valence electrons. The summed E-state index contributed by atoms with van der Waals surface area (Å²) in [6, 6.07) is 0. The maximum Gasteiger partial charge on any atom is 0.223 e. The molecule has 0 aromatic heterocycles. The first-order valence-corrected chi connectivity index (χ1v) is 5.63. The molecule has 2 fully saturated rings. The minimum atomic E-state index is 0.167. The van der Waals surface area contributed by atoms with Gasteiger partial charge in [0.15, 0.2) is 0 Å². The summed E-state index contributed by atoms with van der Waals surface area (Å²) >= 11 is 0. The van der Waals surface area contributed by atoms with Crippen molar-refractivity contribution in [2.75, 3.05) is 13.1 Å². The van der Waals surface area contributed by atoms with Crippen molar-refractivity contribution in [3.05, 3.63) is 10.4 Å². The van der Waals surface area contributed by atoms with E-state index in [0.29, 0.717) is 24.9 Å². The van der Waals surface area contributed by atoms with Crippen molar-refractivity contribution in [3.63, 3.8) is 0 Å². The molecule has 0 aliphatic heterocycles. The summed E-state index contributed by atoms with van der Waals surface area (Å²) in [7, 11) is 0. The van der Waals surface area contributed by atoms with Crippen LogP contribution in [0.4, 0.5) is 0 Å². The lowest BCUT2D eigenvalue weighted by Gasteiger charge is -2.04. The van der Waals surface area contributed by atoms with Gasteiger partial charge in [-0.2, -0.15) is 0 Å². The highest BCUT2D eigenvalue weighted by atomic mass is 16.2. The fraction of sp³-hybridized carbons (Fsp3) is 0.900. The molecule has 0 bridgehead atoms. The van der Waals surface area contributed by atoms with E-state index >= 15 is 0 Å². The van der Waals surface area contributed by atoms with E-state index in [-0.39, 0.29) is 11.8 Å². The molecule has 0 saturated heterocycles. The molecular weight excluding hydrogens is 192 g/mol. The highest BCUT2D eigenvalue weighted by molar-refractivity contribution is 5.82. The van der Waals surface area contributed by atoms with Gasteiger partial charge in [0, 0.05) is 23.9 Å². The number of hydrogen-bond donors (Lipinski definition) is 1. The number of nitrogens with one attached hydrogen (secondary N) is 1. The molecular formula is C10H16N4O. The largest absolute Gasteiger partial charge is 0.356 e. The van der Waals surface area contributed by atoms with E-state index in [0.717, 1.165) is 0 Å². The molecule has 2 rings (SSSR count). The fourth-order valence-corrected chi connectivity index (χ4v) is 2.77. The summed E-state index contributed by atoms with van der Waals surface area (Å²) in [5, 5.41) is 6.21. The first-order chi connectivity index (χ1) is 7.34. The lowest BCUT2D eigenvalue weighted by Crippen LogP contribution is -2.28. The molecule has 2 saturated carbocycles. The number of nitrogens with zero attached hydrogens (tertiary/aromatic N) is 3. The average molecular weight is 208 g/mol. The van der Waals surface area contributed by atoms with Crippen LogP contribution in [0.15, 0.2) is 5.11 Å². The summed E-state index contributed by atoms with van der Waals surface area (Å²) in [4.78, 5) is 14.3. The molecule has 0 spiro atoms. The van der Waals surface area contributed by atoms with Gasteiger partial charge in [0.1, 0.15) is 0 Å². The molecule has 0 heterocycles. The summed E-state index contributed by atoms with van der Waals surface area (Å²) in [5.74, 6) is 1.73. The highest BCUT2D eigenvalue weighted by Gasteiger charge is 2.54. The van der Waals surface area contributed by atoms with Crippen LogP contribution < -0.4 is 5.32 Å². The Balaban J connectivity index is 1.71. The van der Waals surface area contributed by atoms with Crippen molar-refractivity contribution >= 4 is 5.91 Å². The molecule has 2 atom stereocenters. The van der Waals surface area contributed by atoms with Gasteiger partial charge in [-0.3, -0.25) is 4.79 Å². The fourth-order valence-electron chi connectivity index (χ4n) is 2.77. The zero-order valence-electron chi connectivity index (χ0n) is 8.72. The quantitative estimate of drug-likeness (QED) is 0.325. The Labute approximate surface area is 88.9 Å². The van der Waals surface area contributed by atoms with Gasteiger partial charge in [0.2, 0.25) is 5.91 Å². The zero-order valence-corrected chi connectivity index (χ0v) is 8.72. The molecule has 1 amide bonds. The molecule has 0 radical (unpaired) electrons. The van der Waals surface area contributed by atoms with Crippen LogP contribution in [0.2, 0.25) is 0 Å². The van der Waals surface area contributed by atoms with Crippen LogP contribution in [-0.4, -0.2) is 19.0 Å². The van der Waals surface area contributed by atoms with Crippen molar-refractivity contribution < 1.29 is 4.79 Å². The van der Waals surface area contributed by atoms with Crippen LogP contribution >= 0.6 is 0 Å². The van der Waals surface area contributed by atoms with E-state index < -0.39 is 0 Å². The Hall–Kier alpha value is -1.22. The number of carbonyl (C=O) groups is 1. The molecule has 0 aromatic rings. The standard InChI is InChI=1S/C10H16N4O/c11-14-13-6-5-12-10(15)9-7-3-1-2-4-8(7)9/h7-9H,1-6H2,(H,12,15). The van der Waals surface area contributed by atoms with Crippen molar-refractivity contribution in [1.82, 2.24) is 5.32 Å². The summed E-state index contributed by atoms with van der Waals surface area (Å²) in [5.41, 5.74) is 8.07. The third-order valence-electron chi connectivity index (χ3n) is 3.53. The first kappa shape index (κ1) is 10.3. The molecule has 15 heavy (non-hydrogen) atoms. The van der Waals surface area contributed by atoms with Crippen molar-refractivity contribution in [2.45, 2.75) is 25.7 Å². The summed E-state index contributed by atoms with van der Waals surface area (Å²) in [6.45, 7) is 0.823. The maximum absolute atomic E-state index is 11.7. The second-order valence-electron chi connectivity index (χ2n) is 4.38. The normalized spacial score (nSPS) is 32.4. The van der Waals surface area contributed by atoms with Gasteiger partial charge in [-0.25, -0.2) is 0 Å². The first-order valence-electron chi connectivity index (χ1n) is 5.63. The van der Waals surface area contributed by atoms with Crippen LogP contribution in [0.3, 0.4) is 0 Å². The number of carbonyl (C=O) groups excluding carboxylic acids is 1. The van der Waals surface area contributed by atoms with E-state index in [2.05, 4.69) is 15.3 Å². The van der Waals surface area contributed by atoms with Crippen LogP contribution in [0, 0.1) is 17.8 Å². The number of fused-ring (bicyclic) bond motifs is 1. The van der Waals surface area contributed by atoms with Crippen molar-refractivity contribution in [1.29, 1.82) is 0 Å². The minimum absolute atomic E-state index is 0.167. The molecule has 5 nitrogen and oxygen atoms in total. The Morgan fingerprint density at radius 3 is 2.67 bits per heavy atom. The van der Waals surface area contributed by atoms with Gasteiger partial charge in [0.25, 0.3) is 0 Å². The van der Waals surface area contributed by atoms with Crippen LogP contribution in [0.25, 0.3) is 10.4 Å². The lowest BCUT2D eigenvalue weighted by molar-refractivity contribution is -0.122. The Bertz CT molecular complexity index is 286. The average Bonchev–Trinajstić information content (AvgIpc) is 2.98. The molecule has 2 aliphatic rings. The number of azide groups is 1. The topological polar surface area (TPSA) is 77.9 Å². The highest BCUT2D eigenvalue weighted by Crippen LogP contribution is 2.55. The Kier molecular flexibility index (Phi) is 3.11. The summed E-state index contributed by atoms with van der Waals surface area (Å²) < 4.78 is 0. The third kappa shape index (κ3) is 2.23. The van der Waals surface area contributed by atoms with E-state index in [9.17, 15) is 4.79 Å². The van der Waals surface area contributed by atoms with Gasteiger partial charge in [-0.15, -0.1) is 0 Å². The minimum Gasteiger partial charge on any atom is -0.356 e. The predicted octanol–water partition coefficient (Wildman–Crippen LogP) is 1.85. The second kappa shape index (κ2) is 4.53. The predicted molar refractivity (Wildman–Crippen MR) is 56.0 cm³/mol. The third-order valence-corrected chi connectivity index (χ3v) is 3.53. The molecule has 2 unspecified atom stereocenters. The Morgan fingerprint density at radius 2 is 2.07 bits per heavy atom. The number of rotatable bonds is 4. The maximum atomic E-state index is 11.7. The van der Waals surface area contributed by atoms with Crippen LogP contribution in [0.5, 0.6) is 0 Å². The van der Waals surface area contributed by atoms with Crippen molar-refractivity contribution in [2.24, 2.45) is 22.9 Å². The smallest absolute Gasteiger partial charge is 0.223 e. The van der Waals surface area contributed by atoms with Crippen LogP contribution in [0.1, 0.15) is 25.7 Å². The molecule has 0 aromatic carbocycles. The van der Waals surface area contributed by atoms with Gasteiger partial charge in [-0.1, -0.05) is 18.0 Å². The summed E-state index contributed by atoms with van der Waals surface area (Å²) in [6.07, 6.45) is 5.01. The van der Waals surface area contributed by atoms with Crippen molar-refractivity contribution in [3.8, 4) is 0 Å². The molecule has 5 heteroatoms. The van der Waals surface area contributed by atoms with Gasteiger partial charge in [-0.05, 0) is 30.2 Å². The monoisotopic (exact) mass is 208 g/mol. The van der Waals surface area contributed by atoms with E-state index in [1.165, 1.54) is 25.7 Å². The van der Waals surface area contributed by atoms with E-state index in [1.807, 2.05) is 0 Å². The lowest BCUT2D eigenvalue weighted by atomic mass is 10.0. The van der Waals surface area contributed by atoms with E-state index in [1.54, 1.807) is 0 Å². The molecule has 2 aliphatic carbocycles. The van der Waals surface area contributed by atoms with Gasteiger partial charge < -0.3 is 5.32 Å². The Morgan fingerprint density at radius 1 is 1.40 bits per heavy atom. The van der Waals surface area contributed by atoms with Gasteiger partial charge in [0.05, 0.1) is 0 Å².